The van der Waals surface area contributed by atoms with Gasteiger partial charge in [-0.2, -0.15) is 0 Å². The molecule has 0 spiro atoms. The van der Waals surface area contributed by atoms with Crippen molar-refractivity contribution in [1.29, 1.82) is 0 Å². The van der Waals surface area contributed by atoms with Gasteiger partial charge < -0.3 is 10.1 Å². The van der Waals surface area contributed by atoms with Crippen molar-refractivity contribution in [3.8, 4) is 16.9 Å². The second kappa shape index (κ2) is 8.90. The van der Waals surface area contributed by atoms with Gasteiger partial charge in [-0.1, -0.05) is 67.6 Å². The van der Waals surface area contributed by atoms with E-state index in [9.17, 15) is 14.4 Å². The first-order valence-electron chi connectivity index (χ1n) is 10.9. The molecule has 6 nitrogen and oxygen atoms in total. The maximum Gasteiger partial charge on any atom is 0.325 e. The summed E-state index contributed by atoms with van der Waals surface area (Å²) >= 11 is 0. The Hall–Kier alpha value is -3.93. The van der Waals surface area contributed by atoms with E-state index >= 15 is 0 Å². The number of aryl methyl sites for hydroxylation is 1. The molecule has 0 aromatic heterocycles. The molecule has 1 aliphatic heterocycles. The van der Waals surface area contributed by atoms with Gasteiger partial charge in [0, 0.05) is 5.56 Å². The van der Waals surface area contributed by atoms with Crippen LogP contribution in [0.15, 0.2) is 72.8 Å². The third kappa shape index (κ3) is 4.00. The Morgan fingerprint density at radius 2 is 1.64 bits per heavy atom. The molecule has 1 heterocycles. The number of imide groups is 1. The largest absolute Gasteiger partial charge is 0.496 e. The van der Waals surface area contributed by atoms with Gasteiger partial charge in [-0.25, -0.2) is 4.79 Å². The van der Waals surface area contributed by atoms with Crippen LogP contribution in [-0.2, 0) is 10.3 Å². The standard InChI is InChI=1S/C27H26N2O4/c1-4-27(22-14-15-24(33-3)18(2)16-22)25(31)29(26(32)28-27)17-23(30)21-12-10-20(11-13-21)19-8-6-5-7-9-19/h5-16H,4,17H2,1-3H3,(H,28,32). The van der Waals surface area contributed by atoms with E-state index in [1.54, 1.807) is 31.4 Å². The van der Waals surface area contributed by atoms with Gasteiger partial charge in [-0.3, -0.25) is 14.5 Å². The number of ether oxygens (including phenoxy) is 1. The van der Waals surface area contributed by atoms with E-state index in [1.807, 2.05) is 62.4 Å². The van der Waals surface area contributed by atoms with E-state index in [1.165, 1.54) is 0 Å². The molecule has 1 N–H and O–H groups in total. The Labute approximate surface area is 193 Å². The maximum atomic E-state index is 13.4. The summed E-state index contributed by atoms with van der Waals surface area (Å²) in [5.41, 5.74) is 2.81. The van der Waals surface area contributed by atoms with Gasteiger partial charge in [0.25, 0.3) is 5.91 Å². The van der Waals surface area contributed by atoms with Crippen molar-refractivity contribution in [3.05, 3.63) is 89.5 Å². The first kappa shape index (κ1) is 22.3. The summed E-state index contributed by atoms with van der Waals surface area (Å²) in [6.07, 6.45) is 0.361. The van der Waals surface area contributed by atoms with Crippen molar-refractivity contribution < 1.29 is 19.1 Å². The molecule has 33 heavy (non-hydrogen) atoms. The molecule has 3 aromatic rings. The monoisotopic (exact) mass is 442 g/mol. The Bertz CT molecular complexity index is 1200. The Morgan fingerprint density at radius 3 is 2.24 bits per heavy atom. The van der Waals surface area contributed by atoms with Gasteiger partial charge in [0.05, 0.1) is 13.7 Å². The van der Waals surface area contributed by atoms with Crippen molar-refractivity contribution in [2.24, 2.45) is 0 Å². The smallest absolute Gasteiger partial charge is 0.325 e. The zero-order chi connectivity index (χ0) is 23.6. The summed E-state index contributed by atoms with van der Waals surface area (Å²) in [7, 11) is 1.58. The molecule has 0 saturated carbocycles. The third-order valence-corrected chi connectivity index (χ3v) is 6.21. The van der Waals surface area contributed by atoms with Crippen LogP contribution in [0.4, 0.5) is 4.79 Å². The van der Waals surface area contributed by atoms with Crippen molar-refractivity contribution >= 4 is 17.7 Å². The number of carbonyl (C=O) groups excluding carboxylic acids is 3. The number of amides is 3. The second-order valence-corrected chi connectivity index (χ2v) is 8.13. The van der Waals surface area contributed by atoms with Crippen molar-refractivity contribution in [3.63, 3.8) is 0 Å². The van der Waals surface area contributed by atoms with E-state index in [0.717, 1.165) is 21.6 Å². The lowest BCUT2D eigenvalue weighted by atomic mass is 9.86. The Morgan fingerprint density at radius 1 is 0.970 bits per heavy atom. The fourth-order valence-electron chi connectivity index (χ4n) is 4.27. The van der Waals surface area contributed by atoms with Crippen LogP contribution in [0.2, 0.25) is 0 Å². The highest BCUT2D eigenvalue weighted by atomic mass is 16.5. The molecule has 1 aliphatic rings. The SMILES string of the molecule is CCC1(c2ccc(OC)c(C)c2)NC(=O)N(CC(=O)c2ccc(-c3ccccc3)cc2)C1=O. The van der Waals surface area contributed by atoms with Crippen molar-refractivity contribution in [1.82, 2.24) is 10.2 Å². The lowest BCUT2D eigenvalue weighted by molar-refractivity contribution is -0.131. The Balaban J connectivity index is 1.55. The lowest BCUT2D eigenvalue weighted by Gasteiger charge is -2.26. The molecule has 0 radical (unpaired) electrons. The van der Waals surface area contributed by atoms with Crippen LogP contribution in [0.5, 0.6) is 5.75 Å². The predicted molar refractivity (Wildman–Crippen MR) is 126 cm³/mol. The Kier molecular flexibility index (Phi) is 6.01. The molecule has 3 amide bonds. The quantitative estimate of drug-likeness (QED) is 0.425. The summed E-state index contributed by atoms with van der Waals surface area (Å²) < 4.78 is 5.31. The van der Waals surface area contributed by atoms with E-state index in [0.29, 0.717) is 23.3 Å². The number of hydrogen-bond acceptors (Lipinski definition) is 4. The highest BCUT2D eigenvalue weighted by molar-refractivity contribution is 6.11. The average Bonchev–Trinajstić information content (AvgIpc) is 3.09. The molecule has 4 rings (SSSR count). The van der Waals surface area contributed by atoms with Crippen molar-refractivity contribution in [2.45, 2.75) is 25.8 Å². The number of carbonyl (C=O) groups is 3. The number of Topliss-reactive ketones (excluding diaryl/α,β-unsaturated/α-hetero) is 1. The first-order valence-corrected chi connectivity index (χ1v) is 10.9. The molecule has 0 aliphatic carbocycles. The fraction of sp³-hybridized carbons (Fsp3) is 0.222. The number of nitrogens with one attached hydrogen (secondary N) is 1. The summed E-state index contributed by atoms with van der Waals surface area (Å²) in [6.45, 7) is 3.41. The van der Waals surface area contributed by atoms with Gasteiger partial charge in [0.1, 0.15) is 11.3 Å². The average molecular weight is 443 g/mol. The first-order chi connectivity index (χ1) is 15.9. The molecular formula is C27H26N2O4. The summed E-state index contributed by atoms with van der Waals surface area (Å²) in [6, 6.07) is 21.9. The molecule has 168 valence electrons. The van der Waals surface area contributed by atoms with Crippen LogP contribution in [-0.4, -0.2) is 36.3 Å². The minimum atomic E-state index is -1.20. The normalized spacial score (nSPS) is 17.7. The van der Waals surface area contributed by atoms with Crippen molar-refractivity contribution in [2.75, 3.05) is 13.7 Å². The molecule has 3 aromatic carbocycles. The number of methoxy groups -OCH3 is 1. The zero-order valence-electron chi connectivity index (χ0n) is 18.9. The highest BCUT2D eigenvalue weighted by Gasteiger charge is 2.51. The summed E-state index contributed by atoms with van der Waals surface area (Å²) in [5.74, 6) is -0.0162. The van der Waals surface area contributed by atoms with Crippen LogP contribution in [0.3, 0.4) is 0 Å². The van der Waals surface area contributed by atoms with Crippen LogP contribution in [0.25, 0.3) is 11.1 Å². The van der Waals surface area contributed by atoms with Gasteiger partial charge in [-0.05, 0) is 47.7 Å². The molecule has 1 atom stereocenters. The van der Waals surface area contributed by atoms with Gasteiger partial charge in [-0.15, -0.1) is 0 Å². The van der Waals surface area contributed by atoms with Crippen LogP contribution >= 0.6 is 0 Å². The highest BCUT2D eigenvalue weighted by Crippen LogP contribution is 2.35. The molecule has 1 fully saturated rings. The fourth-order valence-corrected chi connectivity index (χ4v) is 4.27. The van der Waals surface area contributed by atoms with E-state index < -0.39 is 17.5 Å². The molecule has 1 saturated heterocycles. The maximum absolute atomic E-state index is 13.4. The zero-order valence-corrected chi connectivity index (χ0v) is 18.9. The molecule has 6 heteroatoms. The molecule has 0 bridgehead atoms. The minimum Gasteiger partial charge on any atom is -0.496 e. The third-order valence-electron chi connectivity index (χ3n) is 6.21. The minimum absolute atomic E-state index is 0.295. The number of urea groups is 1. The number of benzene rings is 3. The van der Waals surface area contributed by atoms with Gasteiger partial charge in [0.2, 0.25) is 0 Å². The lowest BCUT2D eigenvalue weighted by Crippen LogP contribution is -2.44. The van der Waals surface area contributed by atoms with Gasteiger partial charge in [0.15, 0.2) is 5.78 Å². The van der Waals surface area contributed by atoms with Gasteiger partial charge >= 0.3 is 6.03 Å². The number of hydrogen-bond donors (Lipinski definition) is 1. The van der Waals surface area contributed by atoms with E-state index in [-0.39, 0.29) is 12.3 Å². The summed E-state index contributed by atoms with van der Waals surface area (Å²) in [4.78, 5) is 40.1. The summed E-state index contributed by atoms with van der Waals surface area (Å²) in [5, 5.41) is 2.83. The molecule has 1 unspecified atom stereocenters. The van der Waals surface area contributed by atoms with Crippen LogP contribution in [0.1, 0.15) is 34.8 Å². The van der Waals surface area contributed by atoms with Crippen LogP contribution in [0, 0.1) is 6.92 Å². The number of ketones is 1. The predicted octanol–water partition coefficient (Wildman–Crippen LogP) is 4.71. The van der Waals surface area contributed by atoms with E-state index in [4.69, 9.17) is 4.74 Å². The second-order valence-electron chi connectivity index (χ2n) is 8.13. The van der Waals surface area contributed by atoms with Crippen LogP contribution < -0.4 is 10.1 Å². The topological polar surface area (TPSA) is 75.7 Å². The number of rotatable bonds is 7. The van der Waals surface area contributed by atoms with E-state index in [2.05, 4.69) is 5.32 Å². The number of nitrogens with zero attached hydrogens (tertiary/aromatic N) is 1. The molecular weight excluding hydrogens is 416 g/mol.